The Morgan fingerprint density at radius 3 is 2.72 bits per heavy atom. The van der Waals surface area contributed by atoms with Crippen molar-refractivity contribution >= 4 is 17.6 Å². The van der Waals surface area contributed by atoms with Crippen molar-refractivity contribution in [1.29, 1.82) is 0 Å². The Hall–Kier alpha value is -2.11. The van der Waals surface area contributed by atoms with Crippen LogP contribution in [0, 0.1) is 6.92 Å². The third kappa shape index (κ3) is 4.40. The van der Waals surface area contributed by atoms with E-state index in [4.69, 9.17) is 5.73 Å². The van der Waals surface area contributed by atoms with E-state index in [9.17, 15) is 9.59 Å². The molecule has 0 bridgehead atoms. The monoisotopic (exact) mass is 250 g/mol. The van der Waals surface area contributed by atoms with Crippen molar-refractivity contribution in [2.24, 2.45) is 5.73 Å². The van der Waals surface area contributed by atoms with Gasteiger partial charge >= 0.3 is 0 Å². The lowest BCUT2D eigenvalue weighted by molar-refractivity contribution is -0.118. The van der Waals surface area contributed by atoms with Crippen molar-refractivity contribution in [3.8, 4) is 0 Å². The molecule has 1 rings (SSSR count). The highest BCUT2D eigenvalue weighted by Crippen LogP contribution is 2.09. The van der Waals surface area contributed by atoms with Crippen LogP contribution in [-0.2, 0) is 4.79 Å². The van der Waals surface area contributed by atoms with Gasteiger partial charge in [-0.1, -0.05) is 0 Å². The fourth-order valence-electron chi connectivity index (χ4n) is 1.49. The Labute approximate surface area is 106 Å². The number of nitrogens with two attached hydrogens (primary N) is 1. The van der Waals surface area contributed by atoms with Gasteiger partial charge in [-0.05, 0) is 25.5 Å². The molecule has 0 fully saturated rings. The highest BCUT2D eigenvalue weighted by atomic mass is 16.2. The van der Waals surface area contributed by atoms with E-state index in [0.717, 1.165) is 5.69 Å². The molecular weight excluding hydrogens is 232 g/mol. The second-order valence-electron chi connectivity index (χ2n) is 3.96. The second-order valence-corrected chi connectivity index (χ2v) is 3.96. The van der Waals surface area contributed by atoms with Crippen LogP contribution in [0.4, 0.5) is 5.82 Å². The van der Waals surface area contributed by atoms with E-state index in [0.29, 0.717) is 24.3 Å². The largest absolute Gasteiger partial charge is 0.373 e. The third-order valence-corrected chi connectivity index (χ3v) is 2.36. The van der Waals surface area contributed by atoms with Crippen LogP contribution >= 0.6 is 0 Å². The lowest BCUT2D eigenvalue weighted by atomic mass is 10.2. The quantitative estimate of drug-likeness (QED) is 0.638. The van der Waals surface area contributed by atoms with Crippen LogP contribution in [0.5, 0.6) is 0 Å². The molecule has 0 spiro atoms. The van der Waals surface area contributed by atoms with Gasteiger partial charge in [-0.15, -0.1) is 0 Å². The number of aromatic nitrogens is 1. The Morgan fingerprint density at radius 2 is 2.11 bits per heavy atom. The molecule has 4 N–H and O–H groups in total. The van der Waals surface area contributed by atoms with Crippen LogP contribution in [0.3, 0.4) is 0 Å². The van der Waals surface area contributed by atoms with Crippen molar-refractivity contribution in [3.63, 3.8) is 0 Å². The van der Waals surface area contributed by atoms with Crippen LogP contribution in [0.1, 0.15) is 28.9 Å². The maximum Gasteiger partial charge on any atom is 0.251 e. The molecule has 0 atom stereocenters. The molecular formula is C12H18N4O2. The number of hydrogen-bond acceptors (Lipinski definition) is 4. The van der Waals surface area contributed by atoms with Gasteiger partial charge in [-0.3, -0.25) is 9.59 Å². The Kier molecular flexibility index (Phi) is 5.10. The lowest BCUT2D eigenvalue weighted by Gasteiger charge is -2.07. The van der Waals surface area contributed by atoms with E-state index in [-0.39, 0.29) is 18.2 Å². The summed E-state index contributed by atoms with van der Waals surface area (Å²) in [6.45, 7) is 2.25. The molecule has 0 saturated carbocycles. The fourth-order valence-corrected chi connectivity index (χ4v) is 1.49. The lowest BCUT2D eigenvalue weighted by Crippen LogP contribution is -2.25. The van der Waals surface area contributed by atoms with Gasteiger partial charge in [0.1, 0.15) is 5.82 Å². The van der Waals surface area contributed by atoms with Gasteiger partial charge < -0.3 is 16.4 Å². The predicted molar refractivity (Wildman–Crippen MR) is 69.3 cm³/mol. The first-order valence-corrected chi connectivity index (χ1v) is 5.76. The van der Waals surface area contributed by atoms with E-state index in [1.807, 2.05) is 6.92 Å². The Balaban J connectivity index is 2.55. The first-order chi connectivity index (χ1) is 8.52. The number of pyridine rings is 1. The second kappa shape index (κ2) is 6.58. The smallest absolute Gasteiger partial charge is 0.251 e. The zero-order valence-electron chi connectivity index (χ0n) is 10.6. The molecule has 18 heavy (non-hydrogen) atoms. The summed E-state index contributed by atoms with van der Waals surface area (Å²) in [5.41, 5.74) is 6.32. The van der Waals surface area contributed by atoms with E-state index < -0.39 is 0 Å². The zero-order chi connectivity index (χ0) is 13.5. The van der Waals surface area contributed by atoms with Gasteiger partial charge in [0.25, 0.3) is 5.91 Å². The molecule has 0 saturated heterocycles. The summed E-state index contributed by atoms with van der Waals surface area (Å²) < 4.78 is 0. The van der Waals surface area contributed by atoms with E-state index >= 15 is 0 Å². The van der Waals surface area contributed by atoms with Crippen molar-refractivity contribution in [1.82, 2.24) is 10.3 Å². The predicted octanol–water partition coefficient (Wildman–Crippen LogP) is 0.427. The molecule has 0 radical (unpaired) electrons. The molecule has 0 aliphatic carbocycles. The average Bonchev–Trinajstić information content (AvgIpc) is 2.33. The summed E-state index contributed by atoms with van der Waals surface area (Å²) in [5.74, 6) is 0.111. The number of carbonyl (C=O) groups is 2. The van der Waals surface area contributed by atoms with E-state index in [1.54, 1.807) is 19.2 Å². The molecule has 98 valence electrons. The summed E-state index contributed by atoms with van der Waals surface area (Å²) in [6, 6.07) is 3.39. The molecule has 6 nitrogen and oxygen atoms in total. The molecule has 1 aromatic heterocycles. The van der Waals surface area contributed by atoms with E-state index in [1.165, 1.54) is 0 Å². The van der Waals surface area contributed by atoms with Gasteiger partial charge in [0.15, 0.2) is 0 Å². The van der Waals surface area contributed by atoms with Gasteiger partial charge in [0.2, 0.25) is 5.91 Å². The van der Waals surface area contributed by atoms with Crippen LogP contribution in [0.2, 0.25) is 0 Å². The molecule has 0 aromatic carbocycles. The molecule has 0 aliphatic heterocycles. The number of carbonyl (C=O) groups excluding carboxylic acids is 2. The third-order valence-electron chi connectivity index (χ3n) is 2.36. The molecule has 2 amide bonds. The van der Waals surface area contributed by atoms with E-state index in [2.05, 4.69) is 15.6 Å². The van der Waals surface area contributed by atoms with Crippen molar-refractivity contribution in [2.75, 3.05) is 18.9 Å². The minimum Gasteiger partial charge on any atom is -0.373 e. The first kappa shape index (κ1) is 14.0. The van der Waals surface area contributed by atoms with Crippen LogP contribution in [0.25, 0.3) is 0 Å². The maximum absolute atomic E-state index is 11.8. The van der Waals surface area contributed by atoms with Crippen molar-refractivity contribution in [3.05, 3.63) is 23.4 Å². The Bertz CT molecular complexity index is 446. The molecule has 6 heteroatoms. The SMILES string of the molecule is CNc1cc(C(=O)NCCCC(N)=O)cc(C)n1. The maximum atomic E-state index is 11.8. The number of aryl methyl sites for hydroxylation is 1. The van der Waals surface area contributed by atoms with Crippen LogP contribution in [-0.4, -0.2) is 30.4 Å². The summed E-state index contributed by atoms with van der Waals surface area (Å²) >= 11 is 0. The Morgan fingerprint density at radius 1 is 1.39 bits per heavy atom. The number of nitrogens with one attached hydrogen (secondary N) is 2. The van der Waals surface area contributed by atoms with Crippen molar-refractivity contribution in [2.45, 2.75) is 19.8 Å². The summed E-state index contributed by atoms with van der Waals surface area (Å²) in [4.78, 5) is 26.6. The highest BCUT2D eigenvalue weighted by Gasteiger charge is 2.07. The number of amides is 2. The summed E-state index contributed by atoms with van der Waals surface area (Å²) in [5, 5.41) is 5.62. The normalized spacial score (nSPS) is 9.89. The van der Waals surface area contributed by atoms with Gasteiger partial charge in [0.05, 0.1) is 0 Å². The highest BCUT2D eigenvalue weighted by molar-refractivity contribution is 5.95. The molecule has 0 aliphatic rings. The first-order valence-electron chi connectivity index (χ1n) is 5.76. The number of primary amides is 1. The van der Waals surface area contributed by atoms with Gasteiger partial charge in [0, 0.05) is 31.3 Å². The number of rotatable bonds is 6. The minimum atomic E-state index is -0.360. The standard InChI is InChI=1S/C12H18N4O2/c1-8-6-9(7-11(14-2)16-8)12(18)15-5-3-4-10(13)17/h6-7H,3-5H2,1-2H3,(H2,13,17)(H,14,16)(H,15,18). The molecule has 0 unspecified atom stereocenters. The van der Waals surface area contributed by atoms with Crippen LogP contribution in [0.15, 0.2) is 12.1 Å². The summed E-state index contributed by atoms with van der Waals surface area (Å²) in [6.07, 6.45) is 0.821. The number of hydrogen-bond donors (Lipinski definition) is 3. The number of anilines is 1. The zero-order valence-corrected chi connectivity index (χ0v) is 10.6. The molecule has 1 heterocycles. The van der Waals surface area contributed by atoms with Crippen molar-refractivity contribution < 1.29 is 9.59 Å². The van der Waals surface area contributed by atoms with Gasteiger partial charge in [-0.25, -0.2) is 4.98 Å². The fraction of sp³-hybridized carbons (Fsp3) is 0.417. The molecule has 1 aromatic rings. The summed E-state index contributed by atoms with van der Waals surface area (Å²) in [7, 11) is 1.75. The minimum absolute atomic E-state index is 0.179. The topological polar surface area (TPSA) is 97.1 Å². The average molecular weight is 250 g/mol. The number of nitrogens with zero attached hydrogens (tertiary/aromatic N) is 1. The van der Waals surface area contributed by atoms with Gasteiger partial charge in [-0.2, -0.15) is 0 Å². The van der Waals surface area contributed by atoms with Crippen LogP contribution < -0.4 is 16.4 Å².